The summed E-state index contributed by atoms with van der Waals surface area (Å²) in [6.07, 6.45) is 3.98. The van der Waals surface area contributed by atoms with Gasteiger partial charge in [0.2, 0.25) is 0 Å². The van der Waals surface area contributed by atoms with Gasteiger partial charge in [-0.2, -0.15) is 0 Å². The molecule has 0 bridgehead atoms. The highest BCUT2D eigenvalue weighted by atomic mass is 31.1. The Balaban J connectivity index is 1.82. The second kappa shape index (κ2) is 9.46. The Bertz CT molecular complexity index is 920. The molecule has 4 rings (SSSR count). The SMILES string of the molecule is Cc1ccccc1P(c1ccccc1C)C1CCCC1C(c1ccccc1)N(C)C. The maximum absolute atomic E-state index is 2.46. The molecule has 30 heavy (non-hydrogen) atoms. The first-order valence-electron chi connectivity index (χ1n) is 11.2. The van der Waals surface area contributed by atoms with Gasteiger partial charge in [-0.05, 0) is 87.6 Å². The van der Waals surface area contributed by atoms with E-state index < -0.39 is 7.92 Å². The van der Waals surface area contributed by atoms with Gasteiger partial charge in [0.1, 0.15) is 0 Å². The van der Waals surface area contributed by atoms with Gasteiger partial charge in [-0.3, -0.25) is 0 Å². The highest BCUT2D eigenvalue weighted by Gasteiger charge is 2.41. The zero-order chi connectivity index (χ0) is 21.1. The molecule has 3 aromatic rings. The van der Waals surface area contributed by atoms with Crippen molar-refractivity contribution in [3.8, 4) is 0 Å². The van der Waals surface area contributed by atoms with Gasteiger partial charge < -0.3 is 4.90 Å². The van der Waals surface area contributed by atoms with Crippen LogP contribution in [-0.4, -0.2) is 24.7 Å². The van der Waals surface area contributed by atoms with Gasteiger partial charge in [0.25, 0.3) is 0 Å². The van der Waals surface area contributed by atoms with Crippen molar-refractivity contribution in [3.05, 3.63) is 95.6 Å². The fourth-order valence-electron chi connectivity index (χ4n) is 5.39. The van der Waals surface area contributed by atoms with Crippen LogP contribution in [0.15, 0.2) is 78.9 Å². The molecule has 1 aliphatic rings. The van der Waals surface area contributed by atoms with Crippen LogP contribution in [-0.2, 0) is 0 Å². The Morgan fingerprint density at radius 2 is 1.27 bits per heavy atom. The van der Waals surface area contributed by atoms with Crippen molar-refractivity contribution in [2.24, 2.45) is 5.92 Å². The van der Waals surface area contributed by atoms with Crippen LogP contribution in [0.4, 0.5) is 0 Å². The summed E-state index contributed by atoms with van der Waals surface area (Å²) in [4.78, 5) is 2.46. The van der Waals surface area contributed by atoms with E-state index in [1.165, 1.54) is 36.0 Å². The van der Waals surface area contributed by atoms with Gasteiger partial charge in [-0.15, -0.1) is 0 Å². The lowest BCUT2D eigenvalue weighted by Crippen LogP contribution is -2.35. The number of hydrogen-bond acceptors (Lipinski definition) is 1. The summed E-state index contributed by atoms with van der Waals surface area (Å²) in [5, 5.41) is 3.15. The summed E-state index contributed by atoms with van der Waals surface area (Å²) in [6, 6.07) is 29.9. The van der Waals surface area contributed by atoms with Gasteiger partial charge >= 0.3 is 0 Å². The van der Waals surface area contributed by atoms with E-state index in [1.54, 1.807) is 10.6 Å². The molecule has 1 fully saturated rings. The van der Waals surface area contributed by atoms with Crippen molar-refractivity contribution in [2.45, 2.75) is 44.8 Å². The molecule has 156 valence electrons. The number of rotatable bonds is 6. The van der Waals surface area contributed by atoms with Gasteiger partial charge in [-0.25, -0.2) is 0 Å². The molecular formula is C28H34NP. The minimum absolute atomic E-state index is 0.407. The Hall–Kier alpha value is -1.95. The number of benzene rings is 3. The van der Waals surface area contributed by atoms with Crippen molar-refractivity contribution in [1.82, 2.24) is 4.90 Å². The zero-order valence-corrected chi connectivity index (χ0v) is 19.6. The summed E-state index contributed by atoms with van der Waals surface area (Å²) in [6.45, 7) is 4.60. The number of aryl methyl sites for hydroxylation is 2. The average Bonchev–Trinajstić information content (AvgIpc) is 3.20. The van der Waals surface area contributed by atoms with Crippen molar-refractivity contribution in [3.63, 3.8) is 0 Å². The monoisotopic (exact) mass is 415 g/mol. The fraction of sp³-hybridized carbons (Fsp3) is 0.357. The Morgan fingerprint density at radius 1 is 0.733 bits per heavy atom. The summed E-state index contributed by atoms with van der Waals surface area (Å²) in [5.74, 6) is 0.674. The molecule has 1 saturated carbocycles. The highest BCUT2D eigenvalue weighted by Crippen LogP contribution is 2.55. The average molecular weight is 416 g/mol. The summed E-state index contributed by atoms with van der Waals surface area (Å²) in [5.41, 5.74) is 5.05. The van der Waals surface area contributed by atoms with E-state index in [4.69, 9.17) is 0 Å². The fourth-order valence-corrected chi connectivity index (χ4v) is 8.90. The van der Waals surface area contributed by atoms with Gasteiger partial charge in [-0.1, -0.05) is 85.3 Å². The second-order valence-corrected chi connectivity index (χ2v) is 11.3. The molecule has 1 aliphatic carbocycles. The first kappa shape index (κ1) is 21.3. The quantitative estimate of drug-likeness (QED) is 0.433. The Kier molecular flexibility index (Phi) is 6.71. The van der Waals surface area contributed by atoms with Crippen molar-refractivity contribution >= 4 is 18.5 Å². The number of hydrogen-bond donors (Lipinski definition) is 0. The van der Waals surface area contributed by atoms with Crippen LogP contribution >= 0.6 is 7.92 Å². The summed E-state index contributed by atoms with van der Waals surface area (Å²) >= 11 is 0. The maximum Gasteiger partial charge on any atom is 0.0376 e. The zero-order valence-electron chi connectivity index (χ0n) is 18.8. The van der Waals surface area contributed by atoms with Crippen LogP contribution in [0.1, 0.15) is 42.0 Å². The molecule has 3 aromatic carbocycles. The van der Waals surface area contributed by atoms with Crippen LogP contribution in [0.2, 0.25) is 0 Å². The normalized spacial score (nSPS) is 20.1. The Labute approximate surface area is 183 Å². The third-order valence-corrected chi connectivity index (χ3v) is 10.1. The van der Waals surface area contributed by atoms with Crippen LogP contribution in [0.3, 0.4) is 0 Å². The van der Waals surface area contributed by atoms with E-state index in [1.807, 2.05) is 0 Å². The van der Waals surface area contributed by atoms with Crippen LogP contribution in [0, 0.1) is 19.8 Å². The smallest absolute Gasteiger partial charge is 0.0376 e. The van der Waals surface area contributed by atoms with E-state index >= 15 is 0 Å². The van der Waals surface area contributed by atoms with Crippen molar-refractivity contribution in [2.75, 3.05) is 14.1 Å². The van der Waals surface area contributed by atoms with E-state index in [2.05, 4.69) is 112 Å². The molecule has 0 heterocycles. The topological polar surface area (TPSA) is 3.24 Å². The Morgan fingerprint density at radius 3 is 1.80 bits per heavy atom. The van der Waals surface area contributed by atoms with Crippen LogP contribution in [0.5, 0.6) is 0 Å². The molecule has 0 saturated heterocycles. The van der Waals surface area contributed by atoms with Crippen molar-refractivity contribution < 1.29 is 0 Å². The molecule has 0 spiro atoms. The molecule has 3 atom stereocenters. The lowest BCUT2D eigenvalue weighted by molar-refractivity contribution is 0.217. The molecule has 0 aliphatic heterocycles. The molecule has 2 heteroatoms. The standard InChI is InChI=1S/C28H34NP/c1-21-13-8-10-18-25(21)30(26-19-11-9-14-22(26)2)27-20-12-17-24(27)28(29(3)4)23-15-6-5-7-16-23/h5-11,13-16,18-19,24,27-28H,12,17,20H2,1-4H3. The molecule has 0 radical (unpaired) electrons. The summed E-state index contributed by atoms with van der Waals surface area (Å²) in [7, 11) is 4.11. The van der Waals surface area contributed by atoms with E-state index in [0.717, 1.165) is 0 Å². The maximum atomic E-state index is 2.46. The molecule has 0 amide bonds. The van der Waals surface area contributed by atoms with Gasteiger partial charge in [0.15, 0.2) is 0 Å². The number of nitrogens with zero attached hydrogens (tertiary/aromatic N) is 1. The van der Waals surface area contributed by atoms with E-state index in [0.29, 0.717) is 17.6 Å². The molecule has 1 nitrogen and oxygen atoms in total. The van der Waals surface area contributed by atoms with Crippen LogP contribution < -0.4 is 10.6 Å². The van der Waals surface area contributed by atoms with Gasteiger partial charge in [0, 0.05) is 6.04 Å². The first-order valence-corrected chi connectivity index (χ1v) is 12.6. The lowest BCUT2D eigenvalue weighted by atomic mass is 9.90. The first-order chi connectivity index (χ1) is 14.6. The van der Waals surface area contributed by atoms with Crippen molar-refractivity contribution in [1.29, 1.82) is 0 Å². The minimum atomic E-state index is -0.407. The predicted molar refractivity (Wildman–Crippen MR) is 133 cm³/mol. The molecule has 0 N–H and O–H groups in total. The third kappa shape index (κ3) is 4.25. The van der Waals surface area contributed by atoms with Gasteiger partial charge in [0.05, 0.1) is 0 Å². The molecule has 0 aromatic heterocycles. The molecule has 3 unspecified atom stereocenters. The second-order valence-electron chi connectivity index (χ2n) is 8.92. The summed E-state index contributed by atoms with van der Waals surface area (Å²) < 4.78 is 0. The molecular weight excluding hydrogens is 381 g/mol. The third-order valence-electron chi connectivity index (χ3n) is 6.72. The largest absolute Gasteiger partial charge is 0.302 e. The van der Waals surface area contributed by atoms with E-state index in [-0.39, 0.29) is 0 Å². The van der Waals surface area contributed by atoms with Crippen LogP contribution in [0.25, 0.3) is 0 Å². The lowest BCUT2D eigenvalue weighted by Gasteiger charge is -2.39. The highest BCUT2D eigenvalue weighted by molar-refractivity contribution is 7.73. The minimum Gasteiger partial charge on any atom is -0.302 e. The van der Waals surface area contributed by atoms with E-state index in [9.17, 15) is 0 Å². The predicted octanol–water partition coefficient (Wildman–Crippen LogP) is 6.21.